The number of hydrogen-bond acceptors (Lipinski definition) is 10. The number of aromatic nitrogens is 5. The van der Waals surface area contributed by atoms with Gasteiger partial charge in [0, 0.05) is 25.3 Å². The Kier molecular flexibility index (Phi) is 9.67. The van der Waals surface area contributed by atoms with Crippen LogP contribution in [0.2, 0.25) is 0 Å². The SMILES string of the molecule is FC(F)(F)c1ccccc1CNc1nc(NC2CC2)nc2ncccc12.NC(=O)c1nc(NCc2ccccc2C(F)(F)F)c2sccc2n1. The third kappa shape index (κ3) is 8.16. The number of nitrogens with one attached hydrogen (secondary N) is 3. The third-order valence-corrected chi connectivity index (χ3v) is 8.35. The molecule has 1 aliphatic rings. The maximum Gasteiger partial charge on any atom is 0.416 e. The summed E-state index contributed by atoms with van der Waals surface area (Å²) in [6.45, 7) is -0.0997. The number of rotatable bonds is 9. The molecule has 0 saturated heterocycles. The molecule has 0 radical (unpaired) electrons. The first-order valence-corrected chi connectivity index (χ1v) is 16.0. The van der Waals surface area contributed by atoms with E-state index in [4.69, 9.17) is 5.73 Å². The Labute approximate surface area is 284 Å². The summed E-state index contributed by atoms with van der Waals surface area (Å²) in [4.78, 5) is 32.4. The lowest BCUT2D eigenvalue weighted by atomic mass is 10.1. The Balaban J connectivity index is 0.000000174. The second-order valence-electron chi connectivity index (χ2n) is 11.1. The number of pyridine rings is 1. The fraction of sp³-hybridized carbons (Fsp3) is 0.212. The van der Waals surface area contributed by atoms with Crippen molar-refractivity contribution in [2.75, 3.05) is 16.0 Å². The van der Waals surface area contributed by atoms with Gasteiger partial charge in [-0.1, -0.05) is 36.4 Å². The maximum atomic E-state index is 13.2. The van der Waals surface area contributed by atoms with E-state index in [-0.39, 0.29) is 35.9 Å². The molecule has 7 rings (SSSR count). The Morgan fingerprint density at radius 2 is 1.40 bits per heavy atom. The maximum absolute atomic E-state index is 13.2. The van der Waals surface area contributed by atoms with Crippen LogP contribution in [-0.2, 0) is 25.4 Å². The lowest BCUT2D eigenvalue weighted by molar-refractivity contribution is -0.139. The number of nitrogens with zero attached hydrogens (tertiary/aromatic N) is 5. The number of anilines is 3. The zero-order valence-electron chi connectivity index (χ0n) is 25.8. The van der Waals surface area contributed by atoms with Crippen molar-refractivity contribution in [3.8, 4) is 0 Å². The number of benzene rings is 2. The molecule has 2 aromatic carbocycles. The van der Waals surface area contributed by atoms with E-state index in [2.05, 4.69) is 40.9 Å². The molecule has 1 amide bonds. The molecule has 10 nitrogen and oxygen atoms in total. The van der Waals surface area contributed by atoms with Crippen molar-refractivity contribution in [3.05, 3.63) is 106 Å². The molecule has 17 heteroatoms. The third-order valence-electron chi connectivity index (χ3n) is 7.44. The van der Waals surface area contributed by atoms with Gasteiger partial charge in [0.05, 0.1) is 26.7 Å². The van der Waals surface area contributed by atoms with Crippen LogP contribution in [0.25, 0.3) is 21.3 Å². The quantitative estimate of drug-likeness (QED) is 0.111. The van der Waals surface area contributed by atoms with Crippen molar-refractivity contribution >= 4 is 56.1 Å². The average Bonchev–Trinajstić information content (AvgIpc) is 3.77. The van der Waals surface area contributed by atoms with Gasteiger partial charge in [0.15, 0.2) is 5.65 Å². The van der Waals surface area contributed by atoms with Crippen molar-refractivity contribution in [2.24, 2.45) is 5.73 Å². The van der Waals surface area contributed by atoms with E-state index in [0.717, 1.165) is 25.0 Å². The number of carbonyl (C=O) groups excluding carboxylic acids is 1. The molecule has 258 valence electrons. The van der Waals surface area contributed by atoms with Gasteiger partial charge in [0.2, 0.25) is 11.8 Å². The minimum Gasteiger partial charge on any atom is -0.365 e. The normalized spacial score (nSPS) is 13.1. The second-order valence-corrected chi connectivity index (χ2v) is 12.0. The molecule has 0 bridgehead atoms. The summed E-state index contributed by atoms with van der Waals surface area (Å²) in [6, 6.07) is 16.4. The number of halogens is 6. The van der Waals surface area contributed by atoms with E-state index in [9.17, 15) is 31.1 Å². The molecular formula is C33H27F6N9OS. The first-order chi connectivity index (χ1) is 23.9. The summed E-state index contributed by atoms with van der Waals surface area (Å²) in [6.07, 6.45) is -5.09. The molecule has 4 heterocycles. The first-order valence-electron chi connectivity index (χ1n) is 15.1. The van der Waals surface area contributed by atoms with Gasteiger partial charge >= 0.3 is 12.4 Å². The number of amides is 1. The van der Waals surface area contributed by atoms with E-state index in [1.54, 1.807) is 35.8 Å². The van der Waals surface area contributed by atoms with Crippen LogP contribution in [-0.4, -0.2) is 36.9 Å². The van der Waals surface area contributed by atoms with Gasteiger partial charge in [-0.25, -0.2) is 15.0 Å². The number of thiophene rings is 1. The van der Waals surface area contributed by atoms with Gasteiger partial charge in [0.25, 0.3) is 5.91 Å². The Morgan fingerprint density at radius 3 is 2.00 bits per heavy atom. The molecule has 0 spiro atoms. The van der Waals surface area contributed by atoms with E-state index in [1.165, 1.54) is 41.7 Å². The standard InChI is InChI=1S/C18H16F3N5.C15H11F3N4OS/c19-18(20,21)14-6-2-1-4-11(14)10-23-16-13-5-3-9-22-15(13)25-17(26-16)24-12-7-8-12;16-15(17,18)9-4-2-1-3-8(9)7-20-13-11-10(5-6-24-11)21-14(22-13)12(19)23/h1-6,9,12H,7-8,10H2,(H2,22,23,24,25,26);1-6H,7H2,(H2,19,23)(H,20,21,22). The highest BCUT2D eigenvalue weighted by atomic mass is 32.1. The lowest BCUT2D eigenvalue weighted by Crippen LogP contribution is -2.17. The molecule has 1 saturated carbocycles. The molecule has 0 aliphatic heterocycles. The summed E-state index contributed by atoms with van der Waals surface area (Å²) in [5, 5.41) is 11.5. The van der Waals surface area contributed by atoms with Gasteiger partial charge in [-0.05, 0) is 59.7 Å². The Morgan fingerprint density at radius 1 is 0.780 bits per heavy atom. The van der Waals surface area contributed by atoms with Crippen molar-refractivity contribution in [3.63, 3.8) is 0 Å². The largest absolute Gasteiger partial charge is 0.416 e. The molecular weight excluding hydrogens is 684 g/mol. The highest BCUT2D eigenvalue weighted by Gasteiger charge is 2.34. The van der Waals surface area contributed by atoms with Crippen molar-refractivity contribution in [1.82, 2.24) is 24.9 Å². The molecule has 0 atom stereocenters. The summed E-state index contributed by atoms with van der Waals surface area (Å²) >= 11 is 1.32. The van der Waals surface area contributed by atoms with Gasteiger partial charge < -0.3 is 21.7 Å². The minimum absolute atomic E-state index is 0.000437. The monoisotopic (exact) mass is 711 g/mol. The number of alkyl halides is 6. The smallest absolute Gasteiger partial charge is 0.365 e. The predicted octanol–water partition coefficient (Wildman–Crippen LogP) is 7.65. The predicted molar refractivity (Wildman–Crippen MR) is 177 cm³/mol. The topological polar surface area (TPSA) is 144 Å². The number of fused-ring (bicyclic) bond motifs is 2. The van der Waals surface area contributed by atoms with Crippen LogP contribution in [0.1, 0.15) is 45.7 Å². The van der Waals surface area contributed by atoms with Crippen LogP contribution in [0.5, 0.6) is 0 Å². The van der Waals surface area contributed by atoms with Gasteiger partial charge in [-0.15, -0.1) is 11.3 Å². The van der Waals surface area contributed by atoms with Crippen molar-refractivity contribution in [1.29, 1.82) is 0 Å². The molecule has 1 fully saturated rings. The fourth-order valence-corrected chi connectivity index (χ4v) is 5.72. The Hall–Kier alpha value is -5.58. The summed E-state index contributed by atoms with van der Waals surface area (Å²) in [7, 11) is 0. The lowest BCUT2D eigenvalue weighted by Gasteiger charge is -2.15. The zero-order chi connectivity index (χ0) is 35.5. The van der Waals surface area contributed by atoms with Crippen molar-refractivity contribution < 1.29 is 31.1 Å². The van der Waals surface area contributed by atoms with Gasteiger partial charge in [-0.3, -0.25) is 4.79 Å². The van der Waals surface area contributed by atoms with Crippen LogP contribution in [0, 0.1) is 0 Å². The number of nitrogens with two attached hydrogens (primary N) is 1. The first kappa shape index (κ1) is 34.3. The van der Waals surface area contributed by atoms with E-state index >= 15 is 0 Å². The van der Waals surface area contributed by atoms with E-state index in [1.807, 2.05) is 0 Å². The highest BCUT2D eigenvalue weighted by Crippen LogP contribution is 2.34. The fourth-order valence-electron chi connectivity index (χ4n) is 4.93. The molecule has 6 aromatic rings. The number of primary amides is 1. The summed E-state index contributed by atoms with van der Waals surface area (Å²) in [5.41, 5.74) is 5.07. The summed E-state index contributed by atoms with van der Waals surface area (Å²) in [5.74, 6) is 0.184. The van der Waals surface area contributed by atoms with E-state index in [0.29, 0.717) is 39.1 Å². The van der Waals surface area contributed by atoms with Crippen LogP contribution in [0.3, 0.4) is 0 Å². The minimum atomic E-state index is -4.44. The van der Waals surface area contributed by atoms with Crippen LogP contribution in [0.15, 0.2) is 78.3 Å². The van der Waals surface area contributed by atoms with Crippen LogP contribution >= 0.6 is 11.3 Å². The van der Waals surface area contributed by atoms with Gasteiger partial charge in [-0.2, -0.15) is 36.3 Å². The average molecular weight is 712 g/mol. The molecule has 50 heavy (non-hydrogen) atoms. The molecule has 4 aromatic heterocycles. The van der Waals surface area contributed by atoms with Crippen LogP contribution < -0.4 is 21.7 Å². The molecule has 5 N–H and O–H groups in total. The van der Waals surface area contributed by atoms with Gasteiger partial charge in [0.1, 0.15) is 11.6 Å². The summed E-state index contributed by atoms with van der Waals surface area (Å²) < 4.78 is 79.3. The highest BCUT2D eigenvalue weighted by molar-refractivity contribution is 7.17. The van der Waals surface area contributed by atoms with Crippen LogP contribution in [0.4, 0.5) is 43.9 Å². The number of hydrogen-bond donors (Lipinski definition) is 4. The number of carbonyl (C=O) groups is 1. The molecule has 0 unspecified atom stereocenters. The second kappa shape index (κ2) is 14.1. The van der Waals surface area contributed by atoms with E-state index < -0.39 is 29.4 Å². The zero-order valence-corrected chi connectivity index (χ0v) is 26.6. The molecule has 1 aliphatic carbocycles. The Bertz CT molecular complexity index is 2150. The van der Waals surface area contributed by atoms with Crippen molar-refractivity contribution in [2.45, 2.75) is 44.3 Å².